The van der Waals surface area contributed by atoms with Crippen molar-refractivity contribution >= 4 is 5.91 Å². The highest BCUT2D eigenvalue weighted by Crippen LogP contribution is 2.23. The number of amides is 1. The highest BCUT2D eigenvalue weighted by atomic mass is 16.7. The van der Waals surface area contributed by atoms with Crippen molar-refractivity contribution in [1.82, 2.24) is 5.32 Å². The van der Waals surface area contributed by atoms with E-state index in [2.05, 4.69) is 79.9 Å². The summed E-state index contributed by atoms with van der Waals surface area (Å²) in [5, 5.41) is 54.2. The number of rotatable bonds is 45. The Bertz CT molecular complexity index is 1260. The van der Waals surface area contributed by atoms with Gasteiger partial charge in [-0.2, -0.15) is 0 Å². The highest BCUT2D eigenvalue weighted by molar-refractivity contribution is 5.76. The van der Waals surface area contributed by atoms with E-state index in [4.69, 9.17) is 9.47 Å². The van der Waals surface area contributed by atoms with E-state index in [-0.39, 0.29) is 12.5 Å². The van der Waals surface area contributed by atoms with Gasteiger partial charge in [0.1, 0.15) is 24.4 Å². The van der Waals surface area contributed by atoms with Crippen molar-refractivity contribution < 1.29 is 39.8 Å². The predicted molar refractivity (Wildman–Crippen MR) is 276 cm³/mol. The van der Waals surface area contributed by atoms with E-state index in [1.807, 2.05) is 6.08 Å². The first-order chi connectivity index (χ1) is 32.3. The number of carbonyl (C=O) groups excluding carboxylic acids is 1. The summed E-state index contributed by atoms with van der Waals surface area (Å²) in [5.41, 5.74) is 0. The van der Waals surface area contributed by atoms with Gasteiger partial charge in [0.25, 0.3) is 0 Å². The maximum absolute atomic E-state index is 13.0. The van der Waals surface area contributed by atoms with E-state index in [0.29, 0.717) is 6.42 Å². The molecular formula is C57H101NO8. The smallest absolute Gasteiger partial charge is 0.220 e. The van der Waals surface area contributed by atoms with Crippen molar-refractivity contribution in [2.24, 2.45) is 0 Å². The Balaban J connectivity index is 2.16. The predicted octanol–water partition coefficient (Wildman–Crippen LogP) is 12.9. The molecule has 9 nitrogen and oxygen atoms in total. The zero-order chi connectivity index (χ0) is 48.0. The highest BCUT2D eigenvalue weighted by Gasteiger charge is 2.44. The number of hydrogen-bond donors (Lipinski definition) is 6. The fraction of sp³-hybridized carbons (Fsp3) is 0.772. The number of carbonyl (C=O) groups is 1. The van der Waals surface area contributed by atoms with Gasteiger partial charge in [-0.1, -0.05) is 215 Å². The number of nitrogens with one attached hydrogen (secondary N) is 1. The summed E-state index contributed by atoms with van der Waals surface area (Å²) in [5.74, 6) is -0.194. The van der Waals surface area contributed by atoms with E-state index >= 15 is 0 Å². The molecule has 9 heteroatoms. The van der Waals surface area contributed by atoms with Crippen molar-refractivity contribution in [3.05, 3.63) is 72.9 Å². The minimum Gasteiger partial charge on any atom is -0.394 e. The monoisotopic (exact) mass is 928 g/mol. The molecule has 7 unspecified atom stereocenters. The standard InChI is InChI=1S/C57H101NO8/c1-3-5-7-9-11-13-15-17-18-19-20-21-22-23-24-25-26-27-28-29-30-31-32-33-34-35-37-39-41-43-45-47-53(61)58-50(49-65-57-56(64)55(63)54(62)52(48-59)66-57)51(60)46-44-42-40-38-36-16-14-12-10-8-6-4-2/h10,12,15,17,19-20,22-23,36,38,44,46,50-52,54-57,59-60,62-64H,3-9,11,13-14,16,18,21,24-35,37,39-43,45,47-49H2,1-2H3,(H,58,61)/b12-10+,17-15-,20-19-,23-22-,38-36+,46-44+. The van der Waals surface area contributed by atoms with Gasteiger partial charge in [0.05, 0.1) is 25.4 Å². The second-order valence-corrected chi connectivity index (χ2v) is 18.6. The van der Waals surface area contributed by atoms with Crippen molar-refractivity contribution in [3.63, 3.8) is 0 Å². The Morgan fingerprint density at radius 1 is 0.515 bits per heavy atom. The lowest BCUT2D eigenvalue weighted by Crippen LogP contribution is -2.60. The van der Waals surface area contributed by atoms with Crippen LogP contribution in [0, 0.1) is 0 Å². The first-order valence-corrected chi connectivity index (χ1v) is 27.2. The normalized spacial score (nSPS) is 20.4. The number of allylic oxidation sites excluding steroid dienone is 11. The van der Waals surface area contributed by atoms with Crippen LogP contribution in [0.2, 0.25) is 0 Å². The van der Waals surface area contributed by atoms with Gasteiger partial charge in [0, 0.05) is 6.42 Å². The van der Waals surface area contributed by atoms with Crippen molar-refractivity contribution in [1.29, 1.82) is 0 Å². The van der Waals surface area contributed by atoms with Gasteiger partial charge in [-0.15, -0.1) is 0 Å². The van der Waals surface area contributed by atoms with Crippen LogP contribution in [0.1, 0.15) is 226 Å². The van der Waals surface area contributed by atoms with Crippen LogP contribution in [0.3, 0.4) is 0 Å². The van der Waals surface area contributed by atoms with Crippen molar-refractivity contribution in [2.75, 3.05) is 13.2 Å². The number of ether oxygens (including phenoxy) is 2. The molecule has 0 aromatic carbocycles. The molecule has 0 aromatic rings. The minimum absolute atomic E-state index is 0.194. The molecule has 0 saturated carbocycles. The molecular weight excluding hydrogens is 827 g/mol. The summed E-state index contributed by atoms with van der Waals surface area (Å²) in [6.07, 6.45) is 56.9. The van der Waals surface area contributed by atoms with Crippen LogP contribution in [0.15, 0.2) is 72.9 Å². The SMILES string of the molecule is CCCC/C=C/CC/C=C/CC/C=C/C(O)C(COC1OC(CO)C(O)C(O)C1O)NC(=O)CCCCCCCCCCCCCCCCCC/C=C\C/C=C\C/C=C\CCCCCCC. The number of unbranched alkanes of at least 4 members (excludes halogenated alkanes) is 25. The Kier molecular flexibility index (Phi) is 43.3. The fourth-order valence-electron chi connectivity index (χ4n) is 8.12. The number of aliphatic hydroxyl groups is 5. The quantitative estimate of drug-likeness (QED) is 0.0261. The molecule has 1 aliphatic rings. The molecule has 0 radical (unpaired) electrons. The molecule has 0 bridgehead atoms. The van der Waals surface area contributed by atoms with Gasteiger partial charge < -0.3 is 40.3 Å². The molecule has 0 aliphatic carbocycles. The molecule has 1 heterocycles. The first-order valence-electron chi connectivity index (χ1n) is 27.2. The zero-order valence-corrected chi connectivity index (χ0v) is 42.2. The number of hydrogen-bond acceptors (Lipinski definition) is 8. The molecule has 1 fully saturated rings. The first kappa shape index (κ1) is 61.6. The van der Waals surface area contributed by atoms with Crippen LogP contribution in [-0.4, -0.2) is 87.5 Å². The molecule has 66 heavy (non-hydrogen) atoms. The van der Waals surface area contributed by atoms with Crippen molar-refractivity contribution in [3.8, 4) is 0 Å². The fourth-order valence-corrected chi connectivity index (χ4v) is 8.12. The van der Waals surface area contributed by atoms with Crippen LogP contribution >= 0.6 is 0 Å². The summed E-state index contributed by atoms with van der Waals surface area (Å²) >= 11 is 0. The minimum atomic E-state index is -1.58. The van der Waals surface area contributed by atoms with E-state index in [1.54, 1.807) is 6.08 Å². The Morgan fingerprint density at radius 2 is 0.924 bits per heavy atom. The molecule has 1 rings (SSSR count). The third kappa shape index (κ3) is 35.7. The zero-order valence-electron chi connectivity index (χ0n) is 42.2. The summed E-state index contributed by atoms with van der Waals surface area (Å²) in [6.45, 7) is 3.69. The van der Waals surface area contributed by atoms with Gasteiger partial charge in [-0.3, -0.25) is 4.79 Å². The second-order valence-electron chi connectivity index (χ2n) is 18.6. The lowest BCUT2D eigenvalue weighted by Gasteiger charge is -2.40. The summed E-state index contributed by atoms with van der Waals surface area (Å²) in [7, 11) is 0. The maximum atomic E-state index is 13.0. The average molecular weight is 928 g/mol. The maximum Gasteiger partial charge on any atom is 0.220 e. The van der Waals surface area contributed by atoms with Crippen LogP contribution in [-0.2, 0) is 14.3 Å². The van der Waals surface area contributed by atoms with Gasteiger partial charge in [-0.05, 0) is 77.0 Å². The van der Waals surface area contributed by atoms with E-state index in [0.717, 1.165) is 64.2 Å². The van der Waals surface area contributed by atoms with Gasteiger partial charge in [0.2, 0.25) is 5.91 Å². The van der Waals surface area contributed by atoms with E-state index in [1.165, 1.54) is 141 Å². The Labute approximate surface area is 404 Å². The molecule has 382 valence electrons. The lowest BCUT2D eigenvalue weighted by molar-refractivity contribution is -0.302. The molecule has 1 saturated heterocycles. The van der Waals surface area contributed by atoms with Crippen LogP contribution < -0.4 is 5.32 Å². The van der Waals surface area contributed by atoms with E-state index in [9.17, 15) is 30.3 Å². The van der Waals surface area contributed by atoms with Crippen LogP contribution in [0.5, 0.6) is 0 Å². The van der Waals surface area contributed by atoms with Gasteiger partial charge in [0.15, 0.2) is 6.29 Å². The molecule has 7 atom stereocenters. The lowest BCUT2D eigenvalue weighted by atomic mass is 9.99. The van der Waals surface area contributed by atoms with Crippen molar-refractivity contribution in [2.45, 2.75) is 269 Å². The summed E-state index contributed by atoms with van der Waals surface area (Å²) in [6, 6.07) is -0.829. The van der Waals surface area contributed by atoms with Gasteiger partial charge in [-0.25, -0.2) is 0 Å². The molecule has 0 spiro atoms. The third-order valence-corrected chi connectivity index (χ3v) is 12.5. The molecule has 1 aliphatic heterocycles. The Morgan fingerprint density at radius 3 is 1.42 bits per heavy atom. The van der Waals surface area contributed by atoms with E-state index < -0.39 is 49.5 Å². The topological polar surface area (TPSA) is 149 Å². The molecule has 1 amide bonds. The Hall–Kier alpha value is -2.37. The van der Waals surface area contributed by atoms with Crippen LogP contribution in [0.25, 0.3) is 0 Å². The van der Waals surface area contributed by atoms with Crippen LogP contribution in [0.4, 0.5) is 0 Å². The largest absolute Gasteiger partial charge is 0.394 e. The summed E-state index contributed by atoms with van der Waals surface area (Å²) in [4.78, 5) is 13.0. The molecule has 0 aromatic heterocycles. The third-order valence-electron chi connectivity index (χ3n) is 12.5. The second kappa shape index (κ2) is 46.4. The molecule has 6 N–H and O–H groups in total. The number of aliphatic hydroxyl groups excluding tert-OH is 5. The average Bonchev–Trinajstić information content (AvgIpc) is 3.32. The van der Waals surface area contributed by atoms with Gasteiger partial charge >= 0.3 is 0 Å². The summed E-state index contributed by atoms with van der Waals surface area (Å²) < 4.78 is 11.2.